The summed E-state index contributed by atoms with van der Waals surface area (Å²) in [4.78, 5) is 9.62. The summed E-state index contributed by atoms with van der Waals surface area (Å²) < 4.78 is 22.8. The summed E-state index contributed by atoms with van der Waals surface area (Å²) in [5.74, 6) is -0.877. The maximum Gasteiger partial charge on any atom is 0.316 e. The summed E-state index contributed by atoms with van der Waals surface area (Å²) in [6.45, 7) is 1.51. The third-order valence-electron chi connectivity index (χ3n) is 0.357. The Balaban J connectivity index is -0.0000000483. The Morgan fingerprint density at radius 2 is 1.58 bits per heavy atom. The second kappa shape index (κ2) is 13.8. The van der Waals surface area contributed by atoms with Crippen molar-refractivity contribution in [2.45, 2.75) is 12.2 Å². The first-order valence-corrected chi connectivity index (χ1v) is 3.66. The molecule has 12 heavy (non-hydrogen) atoms. The number of aliphatic carboxylic acids is 1. The van der Waals surface area contributed by atoms with Crippen LogP contribution in [0.5, 0.6) is 0 Å². The number of carboxylic acid groups (broad SMARTS) is 1. The van der Waals surface area contributed by atoms with Gasteiger partial charge in [-0.15, -0.1) is 0 Å². The maximum absolute atomic E-state index is 9.62. The molecule has 6 nitrogen and oxygen atoms in total. The molecule has 0 amide bonds. The van der Waals surface area contributed by atoms with Gasteiger partial charge in [0.15, 0.2) is 0 Å². The minimum atomic E-state index is -2.61. The molecule has 0 aliphatic carbocycles. The van der Waals surface area contributed by atoms with Crippen molar-refractivity contribution in [1.82, 2.24) is 0 Å². The lowest BCUT2D eigenvalue weighted by atomic mass is 10.5. The number of carbonyl (C=O) groups is 1. The maximum atomic E-state index is 9.62. The molecule has 78 valence electrons. The molecule has 1 unspecified atom stereocenters. The van der Waals surface area contributed by atoms with Crippen LogP contribution in [0.3, 0.4) is 0 Å². The highest BCUT2D eigenvalue weighted by Gasteiger charge is 2.00. The van der Waals surface area contributed by atoms with Gasteiger partial charge in [-0.05, 0) is 6.92 Å². The normalized spacial score (nSPS) is 9.75. The lowest BCUT2D eigenvalue weighted by Crippen LogP contribution is -2.06. The fraction of sp³-hybridized carbons (Fsp3) is 0.667. The molecule has 0 aromatic carbocycles. The zero-order chi connectivity index (χ0) is 8.73. The van der Waals surface area contributed by atoms with Crippen molar-refractivity contribution >= 4 is 43.5 Å². The molecule has 0 aliphatic heterocycles. The lowest BCUT2D eigenvalue weighted by Gasteiger charge is -1.88. The first-order chi connectivity index (χ1) is 4.37. The molecule has 0 aromatic heterocycles. The molecule has 0 rings (SSSR count). The van der Waals surface area contributed by atoms with E-state index >= 15 is 0 Å². The van der Waals surface area contributed by atoms with E-state index in [1.807, 2.05) is 0 Å². The highest BCUT2D eigenvalue weighted by molar-refractivity contribution is 7.81. The molecule has 0 bridgehead atoms. The molecule has 5 N–H and O–H groups in total. The number of carboxylic acids is 1. The van der Waals surface area contributed by atoms with Gasteiger partial charge in [-0.3, -0.25) is 13.9 Å². The molecular weight excluding hydrogens is 228 g/mol. The molecule has 0 aromatic rings. The summed E-state index contributed by atoms with van der Waals surface area (Å²) in [5, 5.41) is 7.38. The van der Waals surface area contributed by atoms with E-state index in [0.29, 0.717) is 0 Å². The highest BCUT2D eigenvalue weighted by atomic mass is 32.2. The van der Waals surface area contributed by atoms with Gasteiger partial charge in [0, 0.05) is 0 Å². The van der Waals surface area contributed by atoms with Crippen molar-refractivity contribution in [3.63, 3.8) is 0 Å². The zero-order valence-corrected chi connectivity index (χ0v) is 8.80. The second-order valence-corrected chi connectivity index (χ2v) is 2.48. The number of hydrogen-bond acceptors (Lipinski definition) is 3. The Morgan fingerprint density at radius 1 is 1.50 bits per heavy atom. The molecule has 0 fully saturated rings. The molecule has 0 aliphatic rings. The lowest BCUT2D eigenvalue weighted by molar-refractivity contribution is -0.136. The van der Waals surface area contributed by atoms with E-state index < -0.39 is 22.6 Å². The van der Waals surface area contributed by atoms with Gasteiger partial charge in [0.1, 0.15) is 0 Å². The van der Waals surface area contributed by atoms with E-state index in [2.05, 4.69) is 12.6 Å². The van der Waals surface area contributed by atoms with Crippen LogP contribution >= 0.6 is 26.1 Å². The van der Waals surface area contributed by atoms with Gasteiger partial charge in [-0.2, -0.15) is 30.3 Å². The summed E-state index contributed by atoms with van der Waals surface area (Å²) in [6.07, 6.45) is 0. The fourth-order valence-corrected chi connectivity index (χ4v) is 0. The second-order valence-electron chi connectivity index (χ2n) is 1.24. The van der Waals surface area contributed by atoms with Crippen molar-refractivity contribution < 1.29 is 28.7 Å². The van der Waals surface area contributed by atoms with E-state index in [1.54, 1.807) is 0 Å². The van der Waals surface area contributed by atoms with Crippen LogP contribution in [0, 0.1) is 0 Å². The predicted molar refractivity (Wildman–Crippen MR) is 53.5 cm³/mol. The fourth-order valence-electron chi connectivity index (χ4n) is 0. The summed E-state index contributed by atoms with van der Waals surface area (Å²) in [6, 6.07) is 0. The van der Waals surface area contributed by atoms with Crippen molar-refractivity contribution in [2.75, 3.05) is 0 Å². The smallest absolute Gasteiger partial charge is 0.316 e. The Labute approximate surface area is 84.6 Å². The quantitative estimate of drug-likeness (QED) is 0.358. The minimum absolute atomic E-state index is 0. The first kappa shape index (κ1) is 22.8. The van der Waals surface area contributed by atoms with E-state index in [-0.39, 0.29) is 19.0 Å². The van der Waals surface area contributed by atoms with Crippen LogP contribution in [-0.4, -0.2) is 35.1 Å². The van der Waals surface area contributed by atoms with Gasteiger partial charge in [0.25, 0.3) is 11.4 Å². The number of rotatable bonds is 1. The average Bonchev–Trinajstić information content (AvgIpc) is 1.63. The Morgan fingerprint density at radius 3 is 1.58 bits per heavy atom. The summed E-state index contributed by atoms with van der Waals surface area (Å²) in [5.41, 5.74) is 0. The van der Waals surface area contributed by atoms with Crippen molar-refractivity contribution in [1.29, 1.82) is 0 Å². The van der Waals surface area contributed by atoms with Crippen LogP contribution in [-0.2, 0) is 16.2 Å². The Bertz CT molecular complexity index is 121. The Kier molecular flexibility index (Phi) is 26.1. The van der Waals surface area contributed by atoms with Crippen LogP contribution in [0.1, 0.15) is 6.92 Å². The largest absolute Gasteiger partial charge is 0.480 e. The van der Waals surface area contributed by atoms with Gasteiger partial charge in [-0.25, -0.2) is 0 Å². The zero-order valence-electron chi connectivity index (χ0n) is 6.09. The standard InChI is InChI=1S/C3H6O2S.H2O3S.H2O.H2S/c1-2(6)3(4)5;1-4(2)3;;/h2,6H,1H3,(H,4,5);(H2,1,2,3);2*1H2. The van der Waals surface area contributed by atoms with Crippen molar-refractivity contribution in [3.05, 3.63) is 0 Å². The van der Waals surface area contributed by atoms with E-state index in [4.69, 9.17) is 18.4 Å². The van der Waals surface area contributed by atoms with E-state index in [9.17, 15) is 4.79 Å². The summed E-state index contributed by atoms with van der Waals surface area (Å²) in [7, 11) is 0. The van der Waals surface area contributed by atoms with Gasteiger partial charge in [0.05, 0.1) is 5.25 Å². The predicted octanol–water partition coefficient (Wildman–Crippen LogP) is -0.641. The molecule has 0 saturated heterocycles. The van der Waals surface area contributed by atoms with Gasteiger partial charge >= 0.3 is 5.97 Å². The number of hydrogen-bond donors (Lipinski definition) is 4. The average molecular weight is 240 g/mol. The molecule has 0 saturated carbocycles. The van der Waals surface area contributed by atoms with Crippen LogP contribution in [0.25, 0.3) is 0 Å². The molecule has 0 spiro atoms. The monoisotopic (exact) mass is 240 g/mol. The Hall–Kier alpha value is 0.200. The summed E-state index contributed by atoms with van der Waals surface area (Å²) >= 11 is 0.982. The highest BCUT2D eigenvalue weighted by Crippen LogP contribution is 1.88. The van der Waals surface area contributed by atoms with E-state index in [0.717, 1.165) is 0 Å². The van der Waals surface area contributed by atoms with E-state index in [1.165, 1.54) is 6.92 Å². The molecule has 0 heterocycles. The third kappa shape index (κ3) is 48.9. The first-order valence-electron chi connectivity index (χ1n) is 2.08. The van der Waals surface area contributed by atoms with Gasteiger partial charge in [-0.1, -0.05) is 0 Å². The van der Waals surface area contributed by atoms with Crippen LogP contribution < -0.4 is 0 Å². The molecule has 1 atom stereocenters. The minimum Gasteiger partial charge on any atom is -0.480 e. The van der Waals surface area contributed by atoms with Crippen LogP contribution in [0.4, 0.5) is 0 Å². The van der Waals surface area contributed by atoms with Gasteiger partial charge < -0.3 is 10.6 Å². The molecule has 9 heteroatoms. The van der Waals surface area contributed by atoms with Crippen molar-refractivity contribution in [3.8, 4) is 0 Å². The topological polar surface area (TPSA) is 126 Å². The van der Waals surface area contributed by atoms with Gasteiger partial charge in [0.2, 0.25) is 0 Å². The number of thiol groups is 1. The molecular formula is C3H12O6S3. The van der Waals surface area contributed by atoms with Crippen LogP contribution in [0.2, 0.25) is 0 Å². The SMILES string of the molecule is CC(S)C(=O)O.O.O=S(O)O.S. The van der Waals surface area contributed by atoms with Crippen molar-refractivity contribution in [2.24, 2.45) is 0 Å². The molecule has 0 radical (unpaired) electrons. The van der Waals surface area contributed by atoms with Crippen LogP contribution in [0.15, 0.2) is 0 Å². The third-order valence-corrected chi connectivity index (χ3v) is 0.578.